The van der Waals surface area contributed by atoms with Gasteiger partial charge in [0.15, 0.2) is 0 Å². The molecule has 0 amide bonds. The fourth-order valence-corrected chi connectivity index (χ4v) is 4.09. The van der Waals surface area contributed by atoms with Crippen LogP contribution in [-0.2, 0) is 14.4 Å². The van der Waals surface area contributed by atoms with Crippen molar-refractivity contribution in [2.24, 2.45) is 10.6 Å². The van der Waals surface area contributed by atoms with Crippen LogP contribution in [-0.4, -0.2) is 48.9 Å². The number of benzene rings is 1. The molecule has 5 nitrogen and oxygen atoms in total. The molecule has 2 atom stereocenters. The van der Waals surface area contributed by atoms with Gasteiger partial charge in [-0.3, -0.25) is 9.69 Å². The van der Waals surface area contributed by atoms with Gasteiger partial charge in [-0.2, -0.15) is 0 Å². The fraction of sp³-hybridized carbons (Fsp3) is 0.524. The summed E-state index contributed by atoms with van der Waals surface area (Å²) in [5.74, 6) is -0.489. The molecule has 27 heavy (non-hydrogen) atoms. The number of hydrogen-bond acceptors (Lipinski definition) is 5. The van der Waals surface area contributed by atoms with Crippen LogP contribution in [0.4, 0.5) is 4.39 Å². The van der Waals surface area contributed by atoms with Crippen LogP contribution in [0.5, 0.6) is 0 Å². The van der Waals surface area contributed by atoms with Gasteiger partial charge in [-0.1, -0.05) is 29.4 Å². The van der Waals surface area contributed by atoms with Crippen LogP contribution in [0, 0.1) is 11.2 Å². The zero-order valence-corrected chi connectivity index (χ0v) is 15.8. The number of esters is 1. The predicted molar refractivity (Wildman–Crippen MR) is 102 cm³/mol. The smallest absolute Gasteiger partial charge is 0.313 e. The van der Waals surface area contributed by atoms with E-state index >= 15 is 0 Å². The number of ether oxygens (including phenoxy) is 1. The summed E-state index contributed by atoms with van der Waals surface area (Å²) in [5.41, 5.74) is 0.431. The number of hydrogen-bond donors (Lipinski definition) is 0. The Morgan fingerprint density at radius 1 is 1.52 bits per heavy atom. The maximum atomic E-state index is 14.0. The first-order chi connectivity index (χ1) is 13.1. The first-order valence-electron chi connectivity index (χ1n) is 9.56. The van der Waals surface area contributed by atoms with Crippen LogP contribution >= 0.6 is 0 Å². The van der Waals surface area contributed by atoms with Gasteiger partial charge in [-0.05, 0) is 32.4 Å². The van der Waals surface area contributed by atoms with Gasteiger partial charge < -0.3 is 9.57 Å². The van der Waals surface area contributed by atoms with E-state index < -0.39 is 5.41 Å². The summed E-state index contributed by atoms with van der Waals surface area (Å²) in [5, 5.41) is 4.10. The van der Waals surface area contributed by atoms with E-state index in [1.165, 1.54) is 6.07 Å². The van der Waals surface area contributed by atoms with E-state index in [1.54, 1.807) is 18.2 Å². The average molecular weight is 374 g/mol. The molecular weight excluding hydrogens is 347 g/mol. The lowest BCUT2D eigenvalue weighted by Gasteiger charge is -2.41. The Bertz CT molecular complexity index is 721. The lowest BCUT2D eigenvalue weighted by Crippen LogP contribution is -2.50. The van der Waals surface area contributed by atoms with Gasteiger partial charge in [0.2, 0.25) is 0 Å². The number of halogens is 1. The summed E-state index contributed by atoms with van der Waals surface area (Å²) in [4.78, 5) is 20.7. The van der Waals surface area contributed by atoms with Crippen LogP contribution in [0.25, 0.3) is 0 Å². The molecule has 0 bridgehead atoms. The minimum absolute atomic E-state index is 0.179. The molecule has 0 spiro atoms. The van der Waals surface area contributed by atoms with E-state index in [0.717, 1.165) is 25.9 Å². The molecule has 146 valence electrons. The molecule has 3 rings (SSSR count). The van der Waals surface area contributed by atoms with E-state index in [1.807, 2.05) is 13.0 Å². The first kappa shape index (κ1) is 19.5. The zero-order valence-electron chi connectivity index (χ0n) is 15.8. The standard InChI is InChI=1S/C21H27FN2O3/c1-3-11-24-12-7-10-21(15-24,20(25)26-4-2)14-16-13-19(23-27-16)17-8-5-6-9-18(17)22/h3,5-6,8-9,16H,1,4,7,10-15H2,2H3/t16-,21+/m1/s1. The van der Waals surface area contributed by atoms with Gasteiger partial charge >= 0.3 is 5.97 Å². The number of rotatable bonds is 7. The molecule has 6 heteroatoms. The molecule has 0 aliphatic carbocycles. The third-order valence-corrected chi connectivity index (χ3v) is 5.29. The third kappa shape index (κ3) is 4.38. The fourth-order valence-electron chi connectivity index (χ4n) is 4.09. The molecule has 2 aliphatic heterocycles. The van der Waals surface area contributed by atoms with E-state index in [9.17, 15) is 9.18 Å². The summed E-state index contributed by atoms with van der Waals surface area (Å²) < 4.78 is 19.4. The SMILES string of the molecule is C=CCN1CCC[C@@](C[C@H]2CC(c3ccccc3F)=NO2)(C(=O)OCC)C1. The van der Waals surface area contributed by atoms with E-state index in [-0.39, 0.29) is 17.9 Å². The van der Waals surface area contributed by atoms with Gasteiger partial charge in [0, 0.05) is 31.5 Å². The molecule has 1 saturated heterocycles. The van der Waals surface area contributed by atoms with E-state index in [0.29, 0.717) is 37.3 Å². The molecular formula is C21H27FN2O3. The molecule has 1 aromatic carbocycles. The van der Waals surface area contributed by atoms with Crippen molar-refractivity contribution in [2.45, 2.75) is 38.7 Å². The predicted octanol–water partition coefficient (Wildman–Crippen LogP) is 3.54. The Labute approximate surface area is 159 Å². The second-order valence-electron chi connectivity index (χ2n) is 7.28. The minimum Gasteiger partial charge on any atom is -0.466 e. The summed E-state index contributed by atoms with van der Waals surface area (Å²) in [6.45, 7) is 8.27. The lowest BCUT2D eigenvalue weighted by molar-refractivity contribution is -0.162. The number of likely N-dealkylation sites (tertiary alicyclic amines) is 1. The Balaban J connectivity index is 1.73. The van der Waals surface area contributed by atoms with Crippen molar-refractivity contribution in [3.63, 3.8) is 0 Å². The van der Waals surface area contributed by atoms with Gasteiger partial charge in [0.1, 0.15) is 11.9 Å². The van der Waals surface area contributed by atoms with Crippen LogP contribution in [0.2, 0.25) is 0 Å². The van der Waals surface area contributed by atoms with Gasteiger partial charge in [0.05, 0.1) is 17.7 Å². The van der Waals surface area contributed by atoms with Crippen molar-refractivity contribution in [1.82, 2.24) is 4.90 Å². The number of oxime groups is 1. The maximum absolute atomic E-state index is 14.0. The van der Waals surface area contributed by atoms with Crippen LogP contribution in [0.15, 0.2) is 42.1 Å². The lowest BCUT2D eigenvalue weighted by atomic mass is 9.74. The minimum atomic E-state index is -0.623. The topological polar surface area (TPSA) is 51.1 Å². The molecule has 1 fully saturated rings. The number of nitrogens with zero attached hydrogens (tertiary/aromatic N) is 2. The average Bonchev–Trinajstić information content (AvgIpc) is 3.11. The van der Waals surface area contributed by atoms with Gasteiger partial charge in [-0.15, -0.1) is 6.58 Å². The first-order valence-corrected chi connectivity index (χ1v) is 9.56. The Hall–Kier alpha value is -2.21. The largest absolute Gasteiger partial charge is 0.466 e. The number of carbonyl (C=O) groups excluding carboxylic acids is 1. The van der Waals surface area contributed by atoms with Crippen molar-refractivity contribution < 1.29 is 18.8 Å². The molecule has 0 N–H and O–H groups in total. The summed E-state index contributed by atoms with van der Waals surface area (Å²) in [6, 6.07) is 6.55. The molecule has 2 aliphatic rings. The third-order valence-electron chi connectivity index (χ3n) is 5.29. The molecule has 0 aromatic heterocycles. The highest BCUT2D eigenvalue weighted by Gasteiger charge is 2.46. The summed E-state index contributed by atoms with van der Waals surface area (Å²) in [7, 11) is 0. The van der Waals surface area contributed by atoms with Crippen molar-refractivity contribution in [3.8, 4) is 0 Å². The molecule has 0 saturated carbocycles. The Morgan fingerprint density at radius 3 is 3.07 bits per heavy atom. The maximum Gasteiger partial charge on any atom is 0.313 e. The second kappa shape index (κ2) is 8.65. The quantitative estimate of drug-likeness (QED) is 0.541. The van der Waals surface area contributed by atoms with E-state index in [2.05, 4.69) is 16.6 Å². The monoisotopic (exact) mass is 374 g/mol. The molecule has 0 radical (unpaired) electrons. The van der Waals surface area contributed by atoms with E-state index in [4.69, 9.17) is 9.57 Å². The summed E-state index contributed by atoms with van der Waals surface area (Å²) in [6.07, 6.45) is 4.28. The molecule has 1 aromatic rings. The normalized spacial score (nSPS) is 25.6. The number of piperidine rings is 1. The van der Waals surface area contributed by atoms with Crippen LogP contribution < -0.4 is 0 Å². The van der Waals surface area contributed by atoms with Crippen LogP contribution in [0.1, 0.15) is 38.2 Å². The zero-order chi connectivity index (χ0) is 19.3. The second-order valence-corrected chi connectivity index (χ2v) is 7.28. The molecule has 2 heterocycles. The van der Waals surface area contributed by atoms with Crippen molar-refractivity contribution in [2.75, 3.05) is 26.2 Å². The Kier molecular flexibility index (Phi) is 6.26. The Morgan fingerprint density at radius 2 is 2.33 bits per heavy atom. The number of carbonyl (C=O) groups is 1. The van der Waals surface area contributed by atoms with Crippen molar-refractivity contribution in [1.29, 1.82) is 0 Å². The molecule has 0 unspecified atom stereocenters. The highest BCUT2D eigenvalue weighted by atomic mass is 19.1. The summed E-state index contributed by atoms with van der Waals surface area (Å²) >= 11 is 0. The highest BCUT2D eigenvalue weighted by molar-refractivity contribution is 6.01. The van der Waals surface area contributed by atoms with Crippen molar-refractivity contribution >= 4 is 11.7 Å². The van der Waals surface area contributed by atoms with Crippen LogP contribution in [0.3, 0.4) is 0 Å². The van der Waals surface area contributed by atoms with Gasteiger partial charge in [0.25, 0.3) is 0 Å². The highest BCUT2D eigenvalue weighted by Crippen LogP contribution is 2.39. The van der Waals surface area contributed by atoms with Crippen molar-refractivity contribution in [3.05, 3.63) is 48.3 Å². The van der Waals surface area contributed by atoms with Gasteiger partial charge in [-0.25, -0.2) is 4.39 Å².